The first-order valence-corrected chi connectivity index (χ1v) is 8.93. The lowest BCUT2D eigenvalue weighted by atomic mass is 9.98. The van der Waals surface area contributed by atoms with Crippen molar-refractivity contribution in [2.45, 2.75) is 31.8 Å². The minimum Gasteiger partial charge on any atom is -0.493 e. The molecule has 2 aliphatic rings. The molecule has 2 heterocycles. The number of carbonyl (C=O) groups is 1. The fourth-order valence-corrected chi connectivity index (χ4v) is 3.32. The number of aromatic nitrogens is 1. The largest absolute Gasteiger partial charge is 0.493 e. The third-order valence-electron chi connectivity index (χ3n) is 4.94. The summed E-state index contributed by atoms with van der Waals surface area (Å²) in [5.74, 6) is 2.24. The SMILES string of the molecule is COc1cc2c(cc1OC)CN(C(=O)c1ccnc(NC3CC3)c1)CC2. The van der Waals surface area contributed by atoms with Crippen LogP contribution >= 0.6 is 0 Å². The summed E-state index contributed by atoms with van der Waals surface area (Å²) in [5.41, 5.74) is 2.98. The van der Waals surface area contributed by atoms with Crippen LogP contribution in [0, 0.1) is 0 Å². The molecular weight excluding hydrogens is 330 g/mol. The second kappa shape index (κ2) is 6.86. The Hall–Kier alpha value is -2.76. The van der Waals surface area contributed by atoms with Gasteiger partial charge in [-0.2, -0.15) is 0 Å². The van der Waals surface area contributed by atoms with Crippen molar-refractivity contribution in [3.05, 3.63) is 47.2 Å². The molecule has 4 rings (SSSR count). The van der Waals surface area contributed by atoms with Gasteiger partial charge in [-0.05, 0) is 54.7 Å². The average Bonchev–Trinajstić information content (AvgIpc) is 3.50. The standard InChI is InChI=1S/C20H23N3O3/c1-25-17-9-13-6-8-23(12-15(13)10-18(17)26-2)20(24)14-5-7-21-19(11-14)22-16-3-4-16/h5,7,9-11,16H,3-4,6,8,12H2,1-2H3,(H,21,22). The van der Waals surface area contributed by atoms with E-state index in [0.717, 1.165) is 23.6 Å². The molecule has 6 nitrogen and oxygen atoms in total. The van der Waals surface area contributed by atoms with Crippen LogP contribution in [0.5, 0.6) is 11.5 Å². The van der Waals surface area contributed by atoms with Crippen molar-refractivity contribution in [2.24, 2.45) is 0 Å². The molecule has 1 fully saturated rings. The third kappa shape index (κ3) is 3.31. The van der Waals surface area contributed by atoms with E-state index in [0.29, 0.717) is 30.4 Å². The Morgan fingerprint density at radius 3 is 2.58 bits per heavy atom. The zero-order valence-electron chi connectivity index (χ0n) is 15.1. The van der Waals surface area contributed by atoms with Crippen LogP contribution in [0.25, 0.3) is 0 Å². The molecule has 1 aromatic heterocycles. The summed E-state index contributed by atoms with van der Waals surface area (Å²) < 4.78 is 10.8. The highest BCUT2D eigenvalue weighted by molar-refractivity contribution is 5.95. The van der Waals surface area contributed by atoms with E-state index >= 15 is 0 Å². The Balaban J connectivity index is 1.53. The predicted molar refractivity (Wildman–Crippen MR) is 98.9 cm³/mol. The number of methoxy groups -OCH3 is 2. The fraction of sp³-hybridized carbons (Fsp3) is 0.400. The zero-order chi connectivity index (χ0) is 18.1. The Bertz CT molecular complexity index is 833. The zero-order valence-corrected chi connectivity index (χ0v) is 15.1. The van der Waals surface area contributed by atoms with Gasteiger partial charge in [-0.25, -0.2) is 4.98 Å². The van der Waals surface area contributed by atoms with Gasteiger partial charge < -0.3 is 19.7 Å². The van der Waals surface area contributed by atoms with E-state index in [1.54, 1.807) is 26.5 Å². The Labute approximate surface area is 153 Å². The van der Waals surface area contributed by atoms with Crippen molar-refractivity contribution < 1.29 is 14.3 Å². The molecule has 0 spiro atoms. The number of carbonyl (C=O) groups excluding carboxylic acids is 1. The van der Waals surface area contributed by atoms with Gasteiger partial charge >= 0.3 is 0 Å². The van der Waals surface area contributed by atoms with Crippen LogP contribution in [-0.2, 0) is 13.0 Å². The summed E-state index contributed by atoms with van der Waals surface area (Å²) in [7, 11) is 3.26. The summed E-state index contributed by atoms with van der Waals surface area (Å²) in [5, 5.41) is 3.35. The highest BCUT2D eigenvalue weighted by atomic mass is 16.5. The number of benzene rings is 1. The second-order valence-electron chi connectivity index (χ2n) is 6.80. The maximum absolute atomic E-state index is 13.0. The van der Waals surface area contributed by atoms with Crippen molar-refractivity contribution in [2.75, 3.05) is 26.1 Å². The van der Waals surface area contributed by atoms with Gasteiger partial charge in [0.15, 0.2) is 11.5 Å². The van der Waals surface area contributed by atoms with Crippen LogP contribution in [0.15, 0.2) is 30.5 Å². The minimum atomic E-state index is 0.0340. The smallest absolute Gasteiger partial charge is 0.254 e. The number of hydrogen-bond acceptors (Lipinski definition) is 5. The summed E-state index contributed by atoms with van der Waals surface area (Å²) in [6.07, 6.45) is 4.85. The number of hydrogen-bond donors (Lipinski definition) is 1. The average molecular weight is 353 g/mol. The van der Waals surface area contributed by atoms with Gasteiger partial charge in [0.25, 0.3) is 5.91 Å². The molecule has 0 bridgehead atoms. The molecule has 2 aromatic rings. The molecule has 1 amide bonds. The maximum Gasteiger partial charge on any atom is 0.254 e. The molecule has 0 saturated heterocycles. The molecule has 1 aliphatic heterocycles. The summed E-state index contributed by atoms with van der Waals surface area (Å²) in [6.45, 7) is 1.26. The van der Waals surface area contributed by atoms with Gasteiger partial charge in [0.2, 0.25) is 0 Å². The van der Waals surface area contributed by atoms with Gasteiger partial charge in [-0.15, -0.1) is 0 Å². The van der Waals surface area contributed by atoms with Gasteiger partial charge in [0.1, 0.15) is 5.82 Å². The third-order valence-corrected chi connectivity index (χ3v) is 4.94. The normalized spacial score (nSPS) is 16.0. The van der Waals surface area contributed by atoms with E-state index in [9.17, 15) is 4.79 Å². The van der Waals surface area contributed by atoms with E-state index in [2.05, 4.69) is 10.3 Å². The Morgan fingerprint density at radius 1 is 1.15 bits per heavy atom. The molecule has 6 heteroatoms. The van der Waals surface area contributed by atoms with Crippen LogP contribution in [-0.4, -0.2) is 42.6 Å². The molecule has 1 aliphatic carbocycles. The quantitative estimate of drug-likeness (QED) is 0.895. The van der Waals surface area contributed by atoms with Crippen LogP contribution in [0.2, 0.25) is 0 Å². The van der Waals surface area contributed by atoms with Crippen LogP contribution in [0.3, 0.4) is 0 Å². The molecule has 0 radical (unpaired) electrons. The molecule has 1 saturated carbocycles. The minimum absolute atomic E-state index is 0.0340. The highest BCUT2D eigenvalue weighted by Crippen LogP contribution is 2.33. The number of ether oxygens (including phenoxy) is 2. The number of pyridine rings is 1. The molecule has 136 valence electrons. The summed E-state index contributed by atoms with van der Waals surface area (Å²) in [4.78, 5) is 19.1. The van der Waals surface area contributed by atoms with Crippen LogP contribution in [0.4, 0.5) is 5.82 Å². The van der Waals surface area contributed by atoms with E-state index in [-0.39, 0.29) is 5.91 Å². The number of nitrogens with one attached hydrogen (secondary N) is 1. The predicted octanol–water partition coefficient (Wildman–Crippen LogP) is 2.87. The van der Waals surface area contributed by atoms with Gasteiger partial charge in [-0.1, -0.05) is 0 Å². The van der Waals surface area contributed by atoms with Crippen molar-refractivity contribution >= 4 is 11.7 Å². The molecule has 0 atom stereocenters. The van der Waals surface area contributed by atoms with E-state index in [1.165, 1.54) is 18.4 Å². The van der Waals surface area contributed by atoms with E-state index < -0.39 is 0 Å². The molecule has 0 unspecified atom stereocenters. The first-order valence-electron chi connectivity index (χ1n) is 8.93. The van der Waals surface area contributed by atoms with Crippen molar-refractivity contribution in [1.29, 1.82) is 0 Å². The van der Waals surface area contributed by atoms with Gasteiger partial charge in [0.05, 0.1) is 14.2 Å². The second-order valence-corrected chi connectivity index (χ2v) is 6.80. The molecular formula is C20H23N3O3. The number of rotatable bonds is 5. The molecule has 1 aromatic carbocycles. The lowest BCUT2D eigenvalue weighted by Crippen LogP contribution is -2.36. The first kappa shape index (κ1) is 16.7. The Kier molecular flexibility index (Phi) is 4.41. The topological polar surface area (TPSA) is 63.7 Å². The monoisotopic (exact) mass is 353 g/mol. The number of amides is 1. The molecule has 26 heavy (non-hydrogen) atoms. The Morgan fingerprint density at radius 2 is 1.88 bits per heavy atom. The molecule has 1 N–H and O–H groups in total. The number of nitrogens with zero attached hydrogens (tertiary/aromatic N) is 2. The first-order chi connectivity index (χ1) is 12.7. The highest BCUT2D eigenvalue weighted by Gasteiger charge is 2.25. The lowest BCUT2D eigenvalue weighted by molar-refractivity contribution is 0.0734. The van der Waals surface area contributed by atoms with Crippen molar-refractivity contribution in [1.82, 2.24) is 9.88 Å². The van der Waals surface area contributed by atoms with Gasteiger partial charge in [0, 0.05) is 30.9 Å². The maximum atomic E-state index is 13.0. The van der Waals surface area contributed by atoms with Crippen molar-refractivity contribution in [3.8, 4) is 11.5 Å². The van der Waals surface area contributed by atoms with Crippen LogP contribution in [0.1, 0.15) is 34.3 Å². The summed E-state index contributed by atoms with van der Waals surface area (Å²) >= 11 is 0. The van der Waals surface area contributed by atoms with Crippen molar-refractivity contribution in [3.63, 3.8) is 0 Å². The van der Waals surface area contributed by atoms with Crippen LogP contribution < -0.4 is 14.8 Å². The lowest BCUT2D eigenvalue weighted by Gasteiger charge is -2.29. The van der Waals surface area contributed by atoms with E-state index in [4.69, 9.17) is 9.47 Å². The van der Waals surface area contributed by atoms with Gasteiger partial charge in [-0.3, -0.25) is 4.79 Å². The van der Waals surface area contributed by atoms with E-state index in [1.807, 2.05) is 23.1 Å². The number of anilines is 1. The number of fused-ring (bicyclic) bond motifs is 1. The fourth-order valence-electron chi connectivity index (χ4n) is 3.32. The summed E-state index contributed by atoms with van der Waals surface area (Å²) in [6, 6.07) is 8.13.